The van der Waals surface area contributed by atoms with E-state index in [1.807, 2.05) is 30.3 Å². The van der Waals surface area contributed by atoms with Crippen LogP contribution in [0, 0.1) is 0 Å². The molecule has 0 unspecified atom stereocenters. The fraction of sp³-hybridized carbons (Fsp3) is 0.364. The fourth-order valence-electron chi connectivity index (χ4n) is 4.18. The van der Waals surface area contributed by atoms with Gasteiger partial charge < -0.3 is 24.0 Å². The Labute approximate surface area is 169 Å². The number of carbonyl (C=O) groups is 2. The van der Waals surface area contributed by atoms with Crippen LogP contribution in [-0.4, -0.2) is 50.6 Å². The second-order valence-corrected chi connectivity index (χ2v) is 7.13. The molecule has 2 aliphatic rings. The van der Waals surface area contributed by atoms with Gasteiger partial charge in [-0.25, -0.2) is 0 Å². The molecule has 2 heterocycles. The molecule has 1 fully saturated rings. The van der Waals surface area contributed by atoms with Crippen LogP contribution < -0.4 is 19.1 Å². The van der Waals surface area contributed by atoms with E-state index in [0.29, 0.717) is 48.0 Å². The van der Waals surface area contributed by atoms with Crippen molar-refractivity contribution >= 4 is 17.5 Å². The van der Waals surface area contributed by atoms with Crippen LogP contribution in [0.4, 0.5) is 5.69 Å². The van der Waals surface area contributed by atoms with Crippen molar-refractivity contribution in [1.82, 2.24) is 4.90 Å². The van der Waals surface area contributed by atoms with Gasteiger partial charge >= 0.3 is 0 Å². The first kappa shape index (κ1) is 19.1. The third kappa shape index (κ3) is 3.16. The molecule has 152 valence electrons. The van der Waals surface area contributed by atoms with Crippen molar-refractivity contribution in [2.45, 2.75) is 25.4 Å². The molecule has 4 rings (SSSR count). The van der Waals surface area contributed by atoms with Crippen LogP contribution in [-0.2, 0) is 11.3 Å². The Hall–Kier alpha value is -3.22. The molecule has 0 saturated carbocycles. The lowest BCUT2D eigenvalue weighted by atomic mass is 10.1. The van der Waals surface area contributed by atoms with Gasteiger partial charge in [0.25, 0.3) is 5.91 Å². The first-order valence-electron chi connectivity index (χ1n) is 9.59. The van der Waals surface area contributed by atoms with Crippen LogP contribution in [0.5, 0.6) is 17.2 Å². The molecular formula is C22H24N2O5. The van der Waals surface area contributed by atoms with Gasteiger partial charge in [0.05, 0.1) is 39.1 Å². The number of benzene rings is 2. The average Bonchev–Trinajstić information content (AvgIpc) is 3.23. The number of hydrogen-bond acceptors (Lipinski definition) is 5. The molecule has 2 aromatic rings. The summed E-state index contributed by atoms with van der Waals surface area (Å²) >= 11 is 0. The van der Waals surface area contributed by atoms with Crippen LogP contribution >= 0.6 is 0 Å². The predicted molar refractivity (Wildman–Crippen MR) is 108 cm³/mol. The standard InChI is InChI=1S/C22H24N2O5/c1-27-18-11-14(12-19(28-2)20(18)29-3)13-24-16-8-5-4-7-15(16)21(25)23-10-6-9-17(23)22(24)26/h4-5,7-8,11-12,17H,6,9-10,13H2,1-3H3/t17-/m1/s1. The zero-order valence-electron chi connectivity index (χ0n) is 16.8. The van der Waals surface area contributed by atoms with E-state index >= 15 is 0 Å². The maximum absolute atomic E-state index is 13.4. The number of hydrogen-bond donors (Lipinski definition) is 0. The lowest BCUT2D eigenvalue weighted by molar-refractivity contribution is -0.122. The van der Waals surface area contributed by atoms with E-state index < -0.39 is 6.04 Å². The normalized spacial score (nSPS) is 18.2. The van der Waals surface area contributed by atoms with Gasteiger partial charge in [-0.2, -0.15) is 0 Å². The van der Waals surface area contributed by atoms with Gasteiger partial charge in [-0.1, -0.05) is 12.1 Å². The zero-order chi connectivity index (χ0) is 20.5. The molecule has 2 aliphatic heterocycles. The lowest BCUT2D eigenvalue weighted by Crippen LogP contribution is -2.44. The molecule has 1 atom stereocenters. The second-order valence-electron chi connectivity index (χ2n) is 7.13. The monoisotopic (exact) mass is 396 g/mol. The van der Waals surface area contributed by atoms with Crippen molar-refractivity contribution in [3.63, 3.8) is 0 Å². The van der Waals surface area contributed by atoms with Crippen LogP contribution in [0.3, 0.4) is 0 Å². The fourth-order valence-corrected chi connectivity index (χ4v) is 4.18. The van der Waals surface area contributed by atoms with E-state index in [1.54, 1.807) is 37.2 Å². The van der Waals surface area contributed by atoms with Crippen LogP contribution in [0.25, 0.3) is 0 Å². The van der Waals surface area contributed by atoms with Gasteiger partial charge in [0.2, 0.25) is 11.7 Å². The molecule has 1 saturated heterocycles. The Balaban J connectivity index is 1.79. The first-order chi connectivity index (χ1) is 14.1. The zero-order valence-corrected chi connectivity index (χ0v) is 16.8. The highest BCUT2D eigenvalue weighted by Crippen LogP contribution is 2.40. The van der Waals surface area contributed by atoms with Crippen molar-refractivity contribution in [2.24, 2.45) is 0 Å². The van der Waals surface area contributed by atoms with Crippen molar-refractivity contribution in [1.29, 1.82) is 0 Å². The molecule has 0 N–H and O–H groups in total. The van der Waals surface area contributed by atoms with E-state index in [-0.39, 0.29) is 11.8 Å². The maximum atomic E-state index is 13.4. The SMILES string of the molecule is COc1cc(CN2C(=O)[C@H]3CCCN3C(=O)c3ccccc32)cc(OC)c1OC. The highest BCUT2D eigenvalue weighted by Gasteiger charge is 2.41. The minimum Gasteiger partial charge on any atom is -0.493 e. The van der Waals surface area contributed by atoms with E-state index in [1.165, 1.54) is 0 Å². The van der Waals surface area contributed by atoms with Crippen molar-refractivity contribution < 1.29 is 23.8 Å². The van der Waals surface area contributed by atoms with Crippen molar-refractivity contribution in [3.8, 4) is 17.2 Å². The Morgan fingerprint density at radius 3 is 2.34 bits per heavy atom. The van der Waals surface area contributed by atoms with Gasteiger partial charge in [0.15, 0.2) is 11.5 Å². The Bertz CT molecular complexity index is 933. The number of ether oxygens (including phenoxy) is 3. The number of nitrogens with zero attached hydrogens (tertiary/aromatic N) is 2. The van der Waals surface area contributed by atoms with Crippen LogP contribution in [0.2, 0.25) is 0 Å². The summed E-state index contributed by atoms with van der Waals surface area (Å²) in [4.78, 5) is 29.9. The summed E-state index contributed by atoms with van der Waals surface area (Å²) in [7, 11) is 4.67. The van der Waals surface area contributed by atoms with E-state index in [4.69, 9.17) is 14.2 Å². The largest absolute Gasteiger partial charge is 0.493 e. The summed E-state index contributed by atoms with van der Waals surface area (Å²) in [6.07, 6.45) is 1.52. The Morgan fingerprint density at radius 2 is 1.69 bits per heavy atom. The van der Waals surface area contributed by atoms with E-state index in [2.05, 4.69) is 0 Å². The first-order valence-corrected chi connectivity index (χ1v) is 9.59. The molecular weight excluding hydrogens is 372 g/mol. The smallest absolute Gasteiger partial charge is 0.256 e. The van der Waals surface area contributed by atoms with E-state index in [9.17, 15) is 9.59 Å². The van der Waals surface area contributed by atoms with Crippen LogP contribution in [0.15, 0.2) is 36.4 Å². The van der Waals surface area contributed by atoms with Gasteiger partial charge in [-0.15, -0.1) is 0 Å². The summed E-state index contributed by atoms with van der Waals surface area (Å²) < 4.78 is 16.3. The Kier molecular flexibility index (Phi) is 5.05. The van der Waals surface area contributed by atoms with Crippen LogP contribution in [0.1, 0.15) is 28.8 Å². The van der Waals surface area contributed by atoms with Gasteiger partial charge in [-0.3, -0.25) is 9.59 Å². The number of anilines is 1. The second kappa shape index (κ2) is 7.66. The molecule has 0 aliphatic carbocycles. The molecule has 29 heavy (non-hydrogen) atoms. The van der Waals surface area contributed by atoms with Gasteiger partial charge in [0, 0.05) is 6.54 Å². The highest BCUT2D eigenvalue weighted by molar-refractivity contribution is 6.11. The molecule has 7 nitrogen and oxygen atoms in total. The average molecular weight is 396 g/mol. The molecule has 0 spiro atoms. The third-order valence-electron chi connectivity index (χ3n) is 5.56. The molecule has 0 radical (unpaired) electrons. The van der Waals surface area contributed by atoms with Gasteiger partial charge in [-0.05, 0) is 42.7 Å². The van der Waals surface area contributed by atoms with Gasteiger partial charge in [0.1, 0.15) is 6.04 Å². The minimum absolute atomic E-state index is 0.0606. The number of carbonyl (C=O) groups excluding carboxylic acids is 2. The molecule has 0 bridgehead atoms. The summed E-state index contributed by atoms with van der Waals surface area (Å²) in [5.74, 6) is 1.41. The highest BCUT2D eigenvalue weighted by atomic mass is 16.5. The van der Waals surface area contributed by atoms with Crippen molar-refractivity contribution in [2.75, 3.05) is 32.8 Å². The predicted octanol–water partition coefficient (Wildman–Crippen LogP) is 2.86. The topological polar surface area (TPSA) is 68.3 Å². The number of rotatable bonds is 5. The quantitative estimate of drug-likeness (QED) is 0.777. The van der Waals surface area contributed by atoms with E-state index in [0.717, 1.165) is 12.0 Å². The van der Waals surface area contributed by atoms with Crippen molar-refractivity contribution in [3.05, 3.63) is 47.5 Å². The summed E-state index contributed by atoms with van der Waals surface area (Å²) in [6.45, 7) is 0.909. The number of methoxy groups -OCH3 is 3. The molecule has 0 aromatic heterocycles. The number of para-hydroxylation sites is 1. The summed E-state index contributed by atoms with van der Waals surface area (Å²) in [6, 6.07) is 10.5. The molecule has 7 heteroatoms. The Morgan fingerprint density at radius 1 is 1.00 bits per heavy atom. The molecule has 2 aromatic carbocycles. The maximum Gasteiger partial charge on any atom is 0.256 e. The minimum atomic E-state index is -0.420. The number of amides is 2. The number of fused-ring (bicyclic) bond motifs is 2. The summed E-state index contributed by atoms with van der Waals surface area (Å²) in [5.41, 5.74) is 2.00. The lowest BCUT2D eigenvalue weighted by Gasteiger charge is -2.26. The third-order valence-corrected chi connectivity index (χ3v) is 5.56. The summed E-state index contributed by atoms with van der Waals surface area (Å²) in [5, 5.41) is 0. The molecule has 2 amide bonds.